The minimum Gasteiger partial charge on any atom is -0.478 e. The number of carboxylic acids is 1. The molecule has 0 aliphatic carbocycles. The first-order chi connectivity index (χ1) is 8.45. The normalized spacial score (nSPS) is 9.61. The average Bonchev–Trinajstić information content (AvgIpc) is 2.29. The van der Waals surface area contributed by atoms with Crippen LogP contribution in [-0.4, -0.2) is 17.0 Å². The summed E-state index contributed by atoms with van der Waals surface area (Å²) in [4.78, 5) is 22.6. The van der Waals surface area contributed by atoms with Crippen LogP contribution in [0.5, 0.6) is 0 Å². The van der Waals surface area contributed by atoms with Gasteiger partial charge in [0.05, 0.1) is 11.3 Å². The van der Waals surface area contributed by atoms with Crippen molar-refractivity contribution in [1.82, 2.24) is 0 Å². The number of carboxylic acid groups (broad SMARTS) is 1. The van der Waals surface area contributed by atoms with Crippen molar-refractivity contribution >= 4 is 49.4 Å². The Balaban J connectivity index is 3.04. The van der Waals surface area contributed by atoms with E-state index in [2.05, 4.69) is 43.1 Å². The summed E-state index contributed by atoms with van der Waals surface area (Å²) in [5.41, 5.74) is 0.234. The third-order valence-electron chi connectivity index (χ3n) is 2.05. The molecule has 6 heteroatoms. The van der Waals surface area contributed by atoms with Gasteiger partial charge in [-0.15, -0.1) is 12.3 Å². The summed E-state index contributed by atoms with van der Waals surface area (Å²) in [5, 5.41) is 11.6. The molecule has 0 aliphatic heterocycles. The van der Waals surface area contributed by atoms with Gasteiger partial charge in [-0.3, -0.25) is 4.79 Å². The lowest BCUT2D eigenvalue weighted by molar-refractivity contribution is -0.116. The van der Waals surface area contributed by atoms with Gasteiger partial charge in [0, 0.05) is 21.8 Å². The molecule has 0 saturated heterocycles. The smallest absolute Gasteiger partial charge is 0.337 e. The Hall–Kier alpha value is -1.32. The number of hydrogen-bond donors (Lipinski definition) is 2. The maximum Gasteiger partial charge on any atom is 0.337 e. The Morgan fingerprint density at radius 1 is 1.39 bits per heavy atom. The van der Waals surface area contributed by atoms with Crippen LogP contribution in [0.25, 0.3) is 0 Å². The van der Waals surface area contributed by atoms with Crippen LogP contribution < -0.4 is 5.32 Å². The molecule has 0 heterocycles. The number of aromatic carboxylic acids is 1. The summed E-state index contributed by atoms with van der Waals surface area (Å²) in [5.74, 6) is 0.907. The molecular formula is C12H9Br2NO3. The first-order valence-corrected chi connectivity index (χ1v) is 6.50. The fraction of sp³-hybridized carbons (Fsp3) is 0.167. The van der Waals surface area contributed by atoms with Crippen molar-refractivity contribution in [2.45, 2.75) is 12.8 Å². The lowest BCUT2D eigenvalue weighted by atomic mass is 10.1. The topological polar surface area (TPSA) is 66.4 Å². The Morgan fingerprint density at radius 3 is 2.61 bits per heavy atom. The summed E-state index contributed by atoms with van der Waals surface area (Å²) in [6.07, 6.45) is 5.52. The molecule has 18 heavy (non-hydrogen) atoms. The highest BCUT2D eigenvalue weighted by atomic mass is 79.9. The van der Waals surface area contributed by atoms with E-state index in [1.807, 2.05) is 0 Å². The highest BCUT2D eigenvalue weighted by Crippen LogP contribution is 2.31. The molecular weight excluding hydrogens is 366 g/mol. The minimum atomic E-state index is -1.12. The Labute approximate surface area is 121 Å². The van der Waals surface area contributed by atoms with Gasteiger partial charge in [-0.05, 0) is 28.1 Å². The van der Waals surface area contributed by atoms with Gasteiger partial charge in [0.25, 0.3) is 0 Å². The van der Waals surface area contributed by atoms with Crippen LogP contribution in [-0.2, 0) is 4.79 Å². The molecule has 0 bridgehead atoms. The van der Waals surface area contributed by atoms with E-state index in [1.165, 1.54) is 6.07 Å². The molecule has 1 aromatic carbocycles. The number of halogens is 2. The van der Waals surface area contributed by atoms with Crippen LogP contribution >= 0.6 is 31.9 Å². The monoisotopic (exact) mass is 373 g/mol. The quantitative estimate of drug-likeness (QED) is 0.795. The lowest BCUT2D eigenvalue weighted by Crippen LogP contribution is -2.14. The molecule has 0 aliphatic rings. The van der Waals surface area contributed by atoms with Crippen LogP contribution in [0.2, 0.25) is 0 Å². The number of benzene rings is 1. The standard InChI is InChI=1S/C12H9Br2NO3/c1-2-3-4-10(16)15-11-8(12(17)18)5-7(13)6-9(11)14/h1,5-6H,3-4H2,(H,15,16)(H,17,18). The molecule has 1 amide bonds. The van der Waals surface area contributed by atoms with E-state index in [-0.39, 0.29) is 23.6 Å². The van der Waals surface area contributed by atoms with Crippen LogP contribution in [0.15, 0.2) is 21.1 Å². The molecule has 4 nitrogen and oxygen atoms in total. The van der Waals surface area contributed by atoms with Gasteiger partial charge in [-0.2, -0.15) is 0 Å². The molecule has 0 spiro atoms. The minimum absolute atomic E-state index is 0.00491. The third-order valence-corrected chi connectivity index (χ3v) is 3.13. The first-order valence-electron chi connectivity index (χ1n) is 4.91. The van der Waals surface area contributed by atoms with Gasteiger partial charge in [-0.1, -0.05) is 15.9 Å². The van der Waals surface area contributed by atoms with E-state index >= 15 is 0 Å². The largest absolute Gasteiger partial charge is 0.478 e. The van der Waals surface area contributed by atoms with Crippen LogP contribution in [0, 0.1) is 12.3 Å². The second-order valence-corrected chi connectivity index (χ2v) is 5.14. The van der Waals surface area contributed by atoms with E-state index in [9.17, 15) is 9.59 Å². The summed E-state index contributed by atoms with van der Waals surface area (Å²) < 4.78 is 1.09. The molecule has 94 valence electrons. The molecule has 0 saturated carbocycles. The van der Waals surface area contributed by atoms with Crippen LogP contribution in [0.4, 0.5) is 5.69 Å². The van der Waals surface area contributed by atoms with Crippen molar-refractivity contribution in [3.63, 3.8) is 0 Å². The number of carbonyl (C=O) groups is 2. The summed E-state index contributed by atoms with van der Waals surface area (Å²) in [6, 6.07) is 3.08. The Kier molecular flexibility index (Phi) is 5.38. The van der Waals surface area contributed by atoms with Gasteiger partial charge >= 0.3 is 5.97 Å². The predicted octanol–water partition coefficient (Wildman–Crippen LogP) is 3.26. The van der Waals surface area contributed by atoms with Crippen molar-refractivity contribution < 1.29 is 14.7 Å². The number of hydrogen-bond acceptors (Lipinski definition) is 2. The molecule has 0 fully saturated rings. The first kappa shape index (κ1) is 14.7. The SMILES string of the molecule is C#CCCC(=O)Nc1c(Br)cc(Br)cc1C(=O)O. The van der Waals surface area contributed by atoms with E-state index in [0.29, 0.717) is 15.4 Å². The molecule has 0 atom stereocenters. The number of nitrogens with one attached hydrogen (secondary N) is 1. The van der Waals surface area contributed by atoms with E-state index in [4.69, 9.17) is 11.5 Å². The average molecular weight is 375 g/mol. The maximum absolute atomic E-state index is 11.6. The lowest BCUT2D eigenvalue weighted by Gasteiger charge is -2.11. The number of terminal acetylenes is 1. The van der Waals surface area contributed by atoms with Crippen LogP contribution in [0.1, 0.15) is 23.2 Å². The van der Waals surface area contributed by atoms with Gasteiger partial charge in [0.15, 0.2) is 0 Å². The number of carbonyl (C=O) groups excluding carboxylic acids is 1. The second kappa shape index (κ2) is 6.57. The fourth-order valence-electron chi connectivity index (χ4n) is 1.26. The van der Waals surface area contributed by atoms with Crippen molar-refractivity contribution in [2.75, 3.05) is 5.32 Å². The van der Waals surface area contributed by atoms with Gasteiger partial charge in [-0.25, -0.2) is 4.79 Å². The zero-order chi connectivity index (χ0) is 13.7. The summed E-state index contributed by atoms with van der Waals surface area (Å²) in [7, 11) is 0. The molecule has 0 aromatic heterocycles. The predicted molar refractivity (Wildman–Crippen MR) is 75.5 cm³/mol. The third kappa shape index (κ3) is 3.86. The van der Waals surface area contributed by atoms with Crippen molar-refractivity contribution in [3.8, 4) is 12.3 Å². The van der Waals surface area contributed by atoms with E-state index < -0.39 is 5.97 Å². The second-order valence-electron chi connectivity index (χ2n) is 3.37. The van der Waals surface area contributed by atoms with Crippen molar-refractivity contribution in [3.05, 3.63) is 26.6 Å². The van der Waals surface area contributed by atoms with E-state index in [1.54, 1.807) is 6.07 Å². The number of amides is 1. The molecule has 1 rings (SSSR count). The molecule has 0 radical (unpaired) electrons. The van der Waals surface area contributed by atoms with E-state index in [0.717, 1.165) is 0 Å². The summed E-state index contributed by atoms with van der Waals surface area (Å²) in [6.45, 7) is 0. The summed E-state index contributed by atoms with van der Waals surface area (Å²) >= 11 is 6.41. The zero-order valence-electron chi connectivity index (χ0n) is 9.17. The molecule has 2 N–H and O–H groups in total. The van der Waals surface area contributed by atoms with Gasteiger partial charge < -0.3 is 10.4 Å². The number of anilines is 1. The maximum atomic E-state index is 11.6. The molecule has 0 unspecified atom stereocenters. The fourth-order valence-corrected chi connectivity index (χ4v) is 2.58. The van der Waals surface area contributed by atoms with Crippen molar-refractivity contribution in [2.24, 2.45) is 0 Å². The highest BCUT2D eigenvalue weighted by molar-refractivity contribution is 9.11. The Morgan fingerprint density at radius 2 is 2.06 bits per heavy atom. The van der Waals surface area contributed by atoms with Gasteiger partial charge in [0.2, 0.25) is 5.91 Å². The number of rotatable bonds is 4. The highest BCUT2D eigenvalue weighted by Gasteiger charge is 2.16. The zero-order valence-corrected chi connectivity index (χ0v) is 12.3. The molecule has 1 aromatic rings. The van der Waals surface area contributed by atoms with Crippen molar-refractivity contribution in [1.29, 1.82) is 0 Å². The van der Waals surface area contributed by atoms with Crippen LogP contribution in [0.3, 0.4) is 0 Å². The Bertz CT molecular complexity index is 535. The van der Waals surface area contributed by atoms with Gasteiger partial charge in [0.1, 0.15) is 0 Å².